The van der Waals surface area contributed by atoms with E-state index in [1.54, 1.807) is 11.3 Å². The molecular formula is C16H18N2O3S2. The van der Waals surface area contributed by atoms with Crippen LogP contribution in [0.4, 0.5) is 5.69 Å². The number of rotatable bonds is 8. The molecule has 0 unspecified atom stereocenters. The van der Waals surface area contributed by atoms with Gasteiger partial charge in [-0.15, -0.1) is 23.1 Å². The number of carboxylic acids is 1. The normalized spacial score (nSPS) is 10.5. The number of nitrogens with zero attached hydrogens (tertiary/aromatic N) is 1. The van der Waals surface area contributed by atoms with Gasteiger partial charge in [-0.3, -0.25) is 9.59 Å². The highest BCUT2D eigenvalue weighted by Gasteiger charge is 2.08. The molecule has 2 rings (SSSR count). The predicted octanol–water partition coefficient (Wildman–Crippen LogP) is 3.20. The van der Waals surface area contributed by atoms with E-state index in [0.29, 0.717) is 5.75 Å². The first-order valence-corrected chi connectivity index (χ1v) is 9.22. The quantitative estimate of drug-likeness (QED) is 0.764. The van der Waals surface area contributed by atoms with E-state index in [0.717, 1.165) is 28.4 Å². The van der Waals surface area contributed by atoms with Crippen LogP contribution in [0.3, 0.4) is 0 Å². The molecule has 23 heavy (non-hydrogen) atoms. The third kappa shape index (κ3) is 6.03. The zero-order valence-corrected chi connectivity index (χ0v) is 14.4. The number of thiazole rings is 1. The Kier molecular flexibility index (Phi) is 6.61. The third-order valence-corrected chi connectivity index (χ3v) is 4.98. The fourth-order valence-corrected chi connectivity index (χ4v) is 3.39. The molecule has 5 nitrogen and oxygen atoms in total. The van der Waals surface area contributed by atoms with Crippen molar-refractivity contribution in [3.8, 4) is 0 Å². The zero-order chi connectivity index (χ0) is 16.7. The maximum atomic E-state index is 12.1. The minimum Gasteiger partial charge on any atom is -0.481 e. The van der Waals surface area contributed by atoms with Crippen LogP contribution in [0.2, 0.25) is 0 Å². The van der Waals surface area contributed by atoms with Gasteiger partial charge in [0.05, 0.1) is 22.9 Å². The highest BCUT2D eigenvalue weighted by Crippen LogP contribution is 2.17. The molecule has 0 radical (unpaired) electrons. The number of carboxylic acid groups (broad SMARTS) is 1. The van der Waals surface area contributed by atoms with Crippen LogP contribution in [0, 0.1) is 0 Å². The maximum absolute atomic E-state index is 12.1. The topological polar surface area (TPSA) is 79.3 Å². The molecule has 1 amide bonds. The van der Waals surface area contributed by atoms with E-state index >= 15 is 0 Å². The Bertz CT molecular complexity index is 685. The van der Waals surface area contributed by atoms with Gasteiger partial charge in [-0.25, -0.2) is 4.98 Å². The Hall–Kier alpha value is -1.86. The molecule has 122 valence electrons. The van der Waals surface area contributed by atoms with E-state index in [4.69, 9.17) is 5.11 Å². The summed E-state index contributed by atoms with van der Waals surface area (Å²) in [7, 11) is 0. The van der Waals surface area contributed by atoms with Crippen LogP contribution in [-0.2, 0) is 28.2 Å². The first kappa shape index (κ1) is 17.5. The number of aliphatic carboxylic acids is 1. The molecule has 2 N–H and O–H groups in total. The van der Waals surface area contributed by atoms with Crippen molar-refractivity contribution >= 4 is 40.7 Å². The second-order valence-corrected chi connectivity index (χ2v) is 6.83. The molecule has 0 atom stereocenters. The van der Waals surface area contributed by atoms with Crippen LogP contribution in [0.1, 0.15) is 23.2 Å². The lowest BCUT2D eigenvalue weighted by Crippen LogP contribution is -2.14. The number of benzene rings is 1. The Morgan fingerprint density at radius 2 is 2.22 bits per heavy atom. The van der Waals surface area contributed by atoms with E-state index in [1.165, 1.54) is 11.8 Å². The monoisotopic (exact) mass is 350 g/mol. The molecule has 0 saturated carbocycles. The van der Waals surface area contributed by atoms with Gasteiger partial charge in [0.15, 0.2) is 0 Å². The summed E-state index contributed by atoms with van der Waals surface area (Å²) in [5, 5.41) is 14.4. The largest absolute Gasteiger partial charge is 0.481 e. The summed E-state index contributed by atoms with van der Waals surface area (Å²) in [6.45, 7) is 2.04. The number of thioether (sulfide) groups is 1. The fraction of sp³-hybridized carbons (Fsp3) is 0.312. The van der Waals surface area contributed by atoms with Crippen LogP contribution in [-0.4, -0.2) is 27.7 Å². The number of carbonyl (C=O) groups excluding carboxylic acids is 1. The lowest BCUT2D eigenvalue weighted by molar-refractivity contribution is -0.133. The molecule has 7 heteroatoms. The summed E-state index contributed by atoms with van der Waals surface area (Å²) in [5.74, 6) is -0.259. The van der Waals surface area contributed by atoms with Crippen LogP contribution >= 0.6 is 23.1 Å². The van der Waals surface area contributed by atoms with Gasteiger partial charge in [-0.05, 0) is 24.1 Å². The van der Waals surface area contributed by atoms with Gasteiger partial charge in [-0.2, -0.15) is 0 Å². The Labute approximate surface area is 143 Å². The molecule has 0 aliphatic heterocycles. The maximum Gasteiger partial charge on any atom is 0.313 e. The second kappa shape index (κ2) is 8.69. The minimum absolute atomic E-state index is 0.0696. The summed E-state index contributed by atoms with van der Waals surface area (Å²) in [4.78, 5) is 27.0. The third-order valence-electron chi connectivity index (χ3n) is 2.95. The summed E-state index contributed by atoms with van der Waals surface area (Å²) >= 11 is 2.90. The van der Waals surface area contributed by atoms with Gasteiger partial charge in [0, 0.05) is 16.8 Å². The predicted molar refractivity (Wildman–Crippen MR) is 94.1 cm³/mol. The molecule has 2 aromatic rings. The fourth-order valence-electron chi connectivity index (χ4n) is 1.96. The SMILES string of the molecule is CCc1nc(CC(=O)Nc2cccc(CSCC(=O)O)c2)cs1. The Balaban J connectivity index is 1.88. The first-order chi connectivity index (χ1) is 11.1. The Morgan fingerprint density at radius 1 is 1.39 bits per heavy atom. The number of nitrogens with one attached hydrogen (secondary N) is 1. The van der Waals surface area contributed by atoms with Crippen LogP contribution in [0.15, 0.2) is 29.6 Å². The van der Waals surface area contributed by atoms with Crippen molar-refractivity contribution in [3.05, 3.63) is 45.9 Å². The highest BCUT2D eigenvalue weighted by molar-refractivity contribution is 7.99. The minimum atomic E-state index is -0.825. The van der Waals surface area contributed by atoms with E-state index < -0.39 is 5.97 Å². The highest BCUT2D eigenvalue weighted by atomic mass is 32.2. The summed E-state index contributed by atoms with van der Waals surface area (Å²) < 4.78 is 0. The van der Waals surface area contributed by atoms with Crippen molar-refractivity contribution in [1.82, 2.24) is 4.98 Å². The van der Waals surface area contributed by atoms with Crippen LogP contribution < -0.4 is 5.32 Å². The first-order valence-electron chi connectivity index (χ1n) is 7.18. The van der Waals surface area contributed by atoms with E-state index in [9.17, 15) is 9.59 Å². The zero-order valence-electron chi connectivity index (χ0n) is 12.7. The van der Waals surface area contributed by atoms with E-state index in [1.807, 2.05) is 36.6 Å². The standard InChI is InChI=1S/C16H18N2O3S2/c1-2-15-18-13(9-23-15)7-14(19)17-12-5-3-4-11(6-12)8-22-10-16(20)21/h3-6,9H,2,7-8,10H2,1H3,(H,17,19)(H,20,21). The second-order valence-electron chi connectivity index (χ2n) is 4.90. The molecule has 0 spiro atoms. The van der Waals surface area contributed by atoms with Crippen LogP contribution in [0.5, 0.6) is 0 Å². The Morgan fingerprint density at radius 3 is 2.91 bits per heavy atom. The lowest BCUT2D eigenvalue weighted by atomic mass is 10.2. The number of aromatic nitrogens is 1. The lowest BCUT2D eigenvalue weighted by Gasteiger charge is -2.06. The molecule has 0 fully saturated rings. The number of anilines is 1. The summed E-state index contributed by atoms with van der Waals surface area (Å²) in [6.07, 6.45) is 1.14. The van der Waals surface area contributed by atoms with Crippen molar-refractivity contribution in [3.63, 3.8) is 0 Å². The molecule has 1 aromatic heterocycles. The average molecular weight is 350 g/mol. The number of hydrogen-bond acceptors (Lipinski definition) is 5. The number of carbonyl (C=O) groups is 2. The van der Waals surface area contributed by atoms with Crippen molar-refractivity contribution in [2.45, 2.75) is 25.5 Å². The molecule has 0 aliphatic carbocycles. The van der Waals surface area contributed by atoms with Crippen molar-refractivity contribution in [2.24, 2.45) is 0 Å². The van der Waals surface area contributed by atoms with Crippen molar-refractivity contribution in [1.29, 1.82) is 0 Å². The van der Waals surface area contributed by atoms with Gasteiger partial charge in [-0.1, -0.05) is 19.1 Å². The van der Waals surface area contributed by atoms with E-state index in [2.05, 4.69) is 10.3 Å². The van der Waals surface area contributed by atoms with Gasteiger partial charge in [0.25, 0.3) is 0 Å². The average Bonchev–Trinajstić information content (AvgIpc) is 2.94. The smallest absolute Gasteiger partial charge is 0.313 e. The van der Waals surface area contributed by atoms with Gasteiger partial charge >= 0.3 is 5.97 Å². The van der Waals surface area contributed by atoms with Crippen LogP contribution in [0.25, 0.3) is 0 Å². The van der Waals surface area contributed by atoms with Gasteiger partial charge < -0.3 is 10.4 Å². The van der Waals surface area contributed by atoms with Gasteiger partial charge in [0.1, 0.15) is 0 Å². The molecule has 1 heterocycles. The molecule has 0 aliphatic rings. The number of aryl methyl sites for hydroxylation is 1. The number of amides is 1. The van der Waals surface area contributed by atoms with Crippen molar-refractivity contribution < 1.29 is 14.7 Å². The summed E-state index contributed by atoms with van der Waals surface area (Å²) in [5.41, 5.74) is 2.49. The molecule has 0 saturated heterocycles. The molecular weight excluding hydrogens is 332 g/mol. The van der Waals surface area contributed by atoms with Crippen molar-refractivity contribution in [2.75, 3.05) is 11.1 Å². The molecule has 0 bridgehead atoms. The molecule has 1 aromatic carbocycles. The van der Waals surface area contributed by atoms with Gasteiger partial charge in [0.2, 0.25) is 5.91 Å². The van der Waals surface area contributed by atoms with E-state index in [-0.39, 0.29) is 18.1 Å². The summed E-state index contributed by atoms with van der Waals surface area (Å²) in [6, 6.07) is 7.45. The number of hydrogen-bond donors (Lipinski definition) is 2.